The van der Waals surface area contributed by atoms with Crippen molar-refractivity contribution in [3.8, 4) is 0 Å². The predicted octanol–water partition coefficient (Wildman–Crippen LogP) is 2.32. The third kappa shape index (κ3) is 4.42. The molecule has 0 saturated heterocycles. The van der Waals surface area contributed by atoms with Gasteiger partial charge in [0.2, 0.25) is 11.8 Å². The number of nitrogens with zero attached hydrogens (tertiary/aromatic N) is 1. The van der Waals surface area contributed by atoms with Crippen molar-refractivity contribution in [3.63, 3.8) is 0 Å². The van der Waals surface area contributed by atoms with Crippen LogP contribution in [0.15, 0.2) is 24.3 Å². The van der Waals surface area contributed by atoms with Gasteiger partial charge in [-0.1, -0.05) is 30.7 Å². The summed E-state index contributed by atoms with van der Waals surface area (Å²) in [7, 11) is 0. The first-order valence-corrected chi connectivity index (χ1v) is 9.39. The highest BCUT2D eigenvalue weighted by Crippen LogP contribution is 2.29. The van der Waals surface area contributed by atoms with Crippen LogP contribution in [0.2, 0.25) is 0 Å². The van der Waals surface area contributed by atoms with Gasteiger partial charge in [0.25, 0.3) is 0 Å². The minimum atomic E-state index is -0.806. The van der Waals surface area contributed by atoms with E-state index in [-0.39, 0.29) is 17.7 Å². The van der Waals surface area contributed by atoms with Crippen LogP contribution >= 0.6 is 0 Å². The number of nitrogens with one attached hydrogen (secondary N) is 1. The fourth-order valence-electron chi connectivity index (χ4n) is 3.92. The van der Waals surface area contributed by atoms with Crippen LogP contribution in [0.5, 0.6) is 0 Å². The Morgan fingerprint density at radius 1 is 1.08 bits per heavy atom. The van der Waals surface area contributed by atoms with Crippen molar-refractivity contribution in [1.29, 1.82) is 0 Å². The van der Waals surface area contributed by atoms with Crippen LogP contribution in [0, 0.1) is 11.8 Å². The molecule has 1 aliphatic heterocycles. The molecule has 6 heteroatoms. The minimum Gasteiger partial charge on any atom is -0.481 e. The lowest BCUT2D eigenvalue weighted by Crippen LogP contribution is -2.36. The zero-order chi connectivity index (χ0) is 18.5. The molecular weight excluding hydrogens is 332 g/mol. The largest absolute Gasteiger partial charge is 0.481 e. The highest BCUT2D eigenvalue weighted by molar-refractivity contribution is 5.80. The molecule has 1 heterocycles. The molecule has 2 atom stereocenters. The zero-order valence-electron chi connectivity index (χ0n) is 14.9. The molecule has 0 spiro atoms. The normalized spacial score (nSPS) is 21.9. The van der Waals surface area contributed by atoms with Crippen molar-refractivity contribution in [2.75, 3.05) is 6.54 Å². The van der Waals surface area contributed by atoms with Crippen LogP contribution in [0.3, 0.4) is 0 Å². The number of hydrogen-bond acceptors (Lipinski definition) is 3. The highest BCUT2D eigenvalue weighted by Gasteiger charge is 2.30. The molecule has 0 radical (unpaired) electrons. The van der Waals surface area contributed by atoms with Crippen molar-refractivity contribution < 1.29 is 19.5 Å². The number of aliphatic carboxylic acids is 1. The third-order valence-corrected chi connectivity index (χ3v) is 5.45. The van der Waals surface area contributed by atoms with E-state index in [4.69, 9.17) is 5.11 Å². The minimum absolute atomic E-state index is 0.0722. The predicted molar refractivity (Wildman–Crippen MR) is 96.0 cm³/mol. The number of rotatable bonds is 6. The summed E-state index contributed by atoms with van der Waals surface area (Å²) in [5.41, 5.74) is 2.42. The molecule has 0 aromatic heterocycles. The van der Waals surface area contributed by atoms with Gasteiger partial charge in [0.15, 0.2) is 0 Å². The van der Waals surface area contributed by atoms with Gasteiger partial charge in [0.05, 0.1) is 5.92 Å². The molecule has 2 N–H and O–H groups in total. The summed E-state index contributed by atoms with van der Waals surface area (Å²) in [5.74, 6) is -1.39. The number of carboxylic acid groups (broad SMARTS) is 1. The van der Waals surface area contributed by atoms with E-state index in [1.807, 2.05) is 17.0 Å². The van der Waals surface area contributed by atoms with Gasteiger partial charge < -0.3 is 15.3 Å². The topological polar surface area (TPSA) is 86.7 Å². The zero-order valence-corrected chi connectivity index (χ0v) is 14.9. The summed E-state index contributed by atoms with van der Waals surface area (Å²) in [6, 6.07) is 8.08. The molecule has 1 saturated carbocycles. The number of carbonyl (C=O) groups excluding carboxylic acids is 2. The Balaban J connectivity index is 1.36. The quantitative estimate of drug-likeness (QED) is 0.764. The lowest BCUT2D eigenvalue weighted by atomic mass is 9.81. The first-order valence-electron chi connectivity index (χ1n) is 9.39. The Kier molecular flexibility index (Phi) is 5.91. The fourth-order valence-corrected chi connectivity index (χ4v) is 3.92. The van der Waals surface area contributed by atoms with Gasteiger partial charge in [-0.15, -0.1) is 0 Å². The second-order valence-electron chi connectivity index (χ2n) is 7.31. The van der Waals surface area contributed by atoms with Crippen molar-refractivity contribution in [1.82, 2.24) is 10.2 Å². The molecule has 6 nitrogen and oxygen atoms in total. The van der Waals surface area contributed by atoms with Crippen molar-refractivity contribution in [2.45, 2.75) is 51.6 Å². The monoisotopic (exact) mass is 358 g/mol. The highest BCUT2D eigenvalue weighted by atomic mass is 16.4. The van der Waals surface area contributed by atoms with Gasteiger partial charge in [-0.05, 0) is 36.8 Å². The molecule has 2 aliphatic rings. The average molecular weight is 358 g/mol. The third-order valence-electron chi connectivity index (χ3n) is 5.45. The lowest BCUT2D eigenvalue weighted by Gasteiger charge is -2.25. The molecule has 2 unspecified atom stereocenters. The van der Waals surface area contributed by atoms with Crippen LogP contribution in [0.1, 0.15) is 49.7 Å². The number of carboxylic acids is 1. The van der Waals surface area contributed by atoms with E-state index < -0.39 is 11.9 Å². The fraction of sp³-hybridized carbons (Fsp3) is 0.550. The van der Waals surface area contributed by atoms with Crippen molar-refractivity contribution in [3.05, 3.63) is 35.4 Å². The molecule has 1 aliphatic carbocycles. The number of benzene rings is 1. The molecule has 3 rings (SSSR count). The summed E-state index contributed by atoms with van der Waals surface area (Å²) in [4.78, 5) is 37.5. The summed E-state index contributed by atoms with van der Waals surface area (Å²) in [5, 5.41) is 12.0. The average Bonchev–Trinajstić information content (AvgIpc) is 3.09. The van der Waals surface area contributed by atoms with Crippen LogP contribution < -0.4 is 5.32 Å². The van der Waals surface area contributed by atoms with Crippen molar-refractivity contribution >= 4 is 17.8 Å². The van der Waals surface area contributed by atoms with E-state index in [0.717, 1.165) is 12.8 Å². The van der Waals surface area contributed by atoms with Crippen molar-refractivity contribution in [2.24, 2.45) is 11.8 Å². The van der Waals surface area contributed by atoms with E-state index >= 15 is 0 Å². The first-order chi connectivity index (χ1) is 12.5. The molecule has 1 aromatic rings. The maximum atomic E-state index is 12.3. The SMILES string of the molecule is O=C(O)C1CCCC(C(=O)NCCCC(=O)N2Cc3ccccc3C2)C1. The Hall–Kier alpha value is -2.37. The van der Waals surface area contributed by atoms with E-state index in [2.05, 4.69) is 17.4 Å². The number of carbonyl (C=O) groups is 3. The smallest absolute Gasteiger partial charge is 0.306 e. The second kappa shape index (κ2) is 8.34. The Labute approximate surface area is 153 Å². The summed E-state index contributed by atoms with van der Waals surface area (Å²) >= 11 is 0. The lowest BCUT2D eigenvalue weighted by molar-refractivity contribution is -0.144. The first kappa shape index (κ1) is 18.4. The standard InChI is InChI=1S/C20H26N2O4/c23-18(22-12-16-5-1-2-6-17(16)13-22)9-4-10-21-19(24)14-7-3-8-15(11-14)20(25)26/h1-2,5-6,14-15H,3-4,7-13H2,(H,21,24)(H,25,26). The van der Waals surface area contributed by atoms with Gasteiger partial charge in [0.1, 0.15) is 0 Å². The molecule has 140 valence electrons. The van der Waals surface area contributed by atoms with Gasteiger partial charge in [-0.3, -0.25) is 14.4 Å². The van der Waals surface area contributed by atoms with E-state index in [1.165, 1.54) is 11.1 Å². The van der Waals surface area contributed by atoms with Gasteiger partial charge in [-0.2, -0.15) is 0 Å². The molecule has 1 fully saturated rings. The van der Waals surface area contributed by atoms with Crippen LogP contribution in [-0.2, 0) is 27.5 Å². The molecular formula is C20H26N2O4. The number of fused-ring (bicyclic) bond motifs is 1. The number of amides is 2. The second-order valence-corrected chi connectivity index (χ2v) is 7.31. The van der Waals surface area contributed by atoms with E-state index in [1.54, 1.807) is 0 Å². The molecule has 26 heavy (non-hydrogen) atoms. The summed E-state index contributed by atoms with van der Waals surface area (Å²) in [6.07, 6.45) is 3.63. The Bertz CT molecular complexity index is 663. The summed E-state index contributed by atoms with van der Waals surface area (Å²) < 4.78 is 0. The molecule has 2 amide bonds. The van der Waals surface area contributed by atoms with Gasteiger partial charge >= 0.3 is 5.97 Å². The number of hydrogen-bond donors (Lipinski definition) is 2. The molecule has 1 aromatic carbocycles. The summed E-state index contributed by atoms with van der Waals surface area (Å²) in [6.45, 7) is 1.79. The van der Waals surface area contributed by atoms with Gasteiger partial charge in [0, 0.05) is 32.0 Å². The van der Waals surface area contributed by atoms with Crippen LogP contribution in [-0.4, -0.2) is 34.3 Å². The Morgan fingerprint density at radius 3 is 2.38 bits per heavy atom. The van der Waals surface area contributed by atoms with Crippen LogP contribution in [0.25, 0.3) is 0 Å². The maximum Gasteiger partial charge on any atom is 0.306 e. The molecule has 0 bridgehead atoms. The van der Waals surface area contributed by atoms with E-state index in [9.17, 15) is 14.4 Å². The Morgan fingerprint density at radius 2 is 1.73 bits per heavy atom. The maximum absolute atomic E-state index is 12.3. The van der Waals surface area contributed by atoms with E-state index in [0.29, 0.717) is 45.3 Å². The van der Waals surface area contributed by atoms with Crippen LogP contribution in [0.4, 0.5) is 0 Å². The van der Waals surface area contributed by atoms with Gasteiger partial charge in [-0.25, -0.2) is 0 Å².